The Hall–Kier alpha value is -3.69. The van der Waals surface area contributed by atoms with Crippen LogP contribution in [0.5, 0.6) is 5.75 Å². The van der Waals surface area contributed by atoms with E-state index in [0.717, 1.165) is 45.3 Å². The van der Waals surface area contributed by atoms with Crippen molar-refractivity contribution in [1.29, 1.82) is 0 Å². The van der Waals surface area contributed by atoms with Gasteiger partial charge in [0.1, 0.15) is 5.75 Å². The normalized spacial score (nSPS) is 20.2. The van der Waals surface area contributed by atoms with E-state index < -0.39 is 29.5 Å². The van der Waals surface area contributed by atoms with Crippen LogP contribution >= 0.6 is 0 Å². The van der Waals surface area contributed by atoms with Crippen molar-refractivity contribution in [2.75, 3.05) is 50.7 Å². The molecule has 0 bridgehead atoms. The highest BCUT2D eigenvalue weighted by Gasteiger charge is 2.39. The van der Waals surface area contributed by atoms with Crippen LogP contribution < -0.4 is 10.2 Å². The number of amides is 1. The fourth-order valence-electron chi connectivity index (χ4n) is 6.01. The van der Waals surface area contributed by atoms with Crippen LogP contribution in [-0.4, -0.2) is 72.7 Å². The van der Waals surface area contributed by atoms with Gasteiger partial charge in [-0.1, -0.05) is 23.6 Å². The first-order valence-corrected chi connectivity index (χ1v) is 14.6. The van der Waals surface area contributed by atoms with Gasteiger partial charge >= 0.3 is 12.4 Å². The van der Waals surface area contributed by atoms with Crippen LogP contribution in [0.4, 0.5) is 32.0 Å². The third kappa shape index (κ3) is 7.87. The molecule has 6 nitrogen and oxygen atoms in total. The van der Waals surface area contributed by atoms with E-state index in [9.17, 15) is 36.2 Å². The van der Waals surface area contributed by atoms with Gasteiger partial charge in [-0.05, 0) is 86.3 Å². The van der Waals surface area contributed by atoms with E-state index >= 15 is 0 Å². The van der Waals surface area contributed by atoms with E-state index in [1.807, 2.05) is 6.08 Å². The highest BCUT2D eigenvalue weighted by Crippen LogP contribution is 2.40. The zero-order chi connectivity index (χ0) is 31.5. The molecule has 1 aliphatic carbocycles. The van der Waals surface area contributed by atoms with E-state index in [4.69, 9.17) is 0 Å². The Morgan fingerprint density at radius 3 is 2.27 bits per heavy atom. The smallest absolute Gasteiger partial charge is 0.416 e. The highest BCUT2D eigenvalue weighted by molar-refractivity contribution is 5.79. The molecule has 2 aromatic carbocycles. The van der Waals surface area contributed by atoms with Crippen molar-refractivity contribution in [2.24, 2.45) is 0 Å². The number of rotatable bonds is 7. The summed E-state index contributed by atoms with van der Waals surface area (Å²) in [5.74, 6) is -0.296. The number of phenolic OH excluding ortho intramolecular Hbond substituents is 1. The average molecular weight is 621 g/mol. The Morgan fingerprint density at radius 2 is 1.66 bits per heavy atom. The van der Waals surface area contributed by atoms with Gasteiger partial charge in [0, 0.05) is 37.9 Å². The van der Waals surface area contributed by atoms with Crippen LogP contribution in [0.15, 0.2) is 65.6 Å². The second-order valence-corrected chi connectivity index (χ2v) is 11.5. The summed E-state index contributed by atoms with van der Waals surface area (Å²) in [7, 11) is 0. The van der Waals surface area contributed by atoms with Crippen molar-refractivity contribution >= 4 is 11.6 Å². The molecule has 0 saturated carbocycles. The zero-order valence-electron chi connectivity index (χ0n) is 24.0. The van der Waals surface area contributed by atoms with Crippen LogP contribution in [0.1, 0.15) is 48.4 Å². The van der Waals surface area contributed by atoms with Crippen LogP contribution in [0, 0.1) is 0 Å². The molecule has 0 aromatic heterocycles. The molecule has 0 spiro atoms. The van der Waals surface area contributed by atoms with Crippen molar-refractivity contribution in [1.82, 2.24) is 15.1 Å². The van der Waals surface area contributed by atoms with Crippen LogP contribution in [0.2, 0.25) is 0 Å². The summed E-state index contributed by atoms with van der Waals surface area (Å²) in [6.07, 6.45) is -4.26. The Morgan fingerprint density at radius 1 is 0.955 bits per heavy atom. The lowest BCUT2D eigenvalue weighted by Gasteiger charge is -2.43. The summed E-state index contributed by atoms with van der Waals surface area (Å²) in [5, 5.41) is 13.5. The van der Waals surface area contributed by atoms with Crippen molar-refractivity contribution in [2.45, 2.75) is 50.1 Å². The lowest BCUT2D eigenvalue weighted by Crippen LogP contribution is -2.54. The Balaban J connectivity index is 1.28. The summed E-state index contributed by atoms with van der Waals surface area (Å²) in [4.78, 5) is 18.9. The molecule has 44 heavy (non-hydrogen) atoms. The maximum absolute atomic E-state index is 13.5. The number of hydrogen-bond acceptors (Lipinski definition) is 5. The molecule has 1 unspecified atom stereocenters. The van der Waals surface area contributed by atoms with Gasteiger partial charge in [-0.3, -0.25) is 9.69 Å². The number of phenols is 1. The minimum atomic E-state index is -4.97. The van der Waals surface area contributed by atoms with Gasteiger partial charge in [0.2, 0.25) is 5.91 Å². The van der Waals surface area contributed by atoms with Crippen molar-refractivity contribution in [3.63, 3.8) is 0 Å². The largest absolute Gasteiger partial charge is 0.508 e. The topological polar surface area (TPSA) is 59.1 Å². The molecule has 2 fully saturated rings. The van der Waals surface area contributed by atoms with Crippen molar-refractivity contribution < 1.29 is 36.2 Å². The molecule has 236 valence electrons. The van der Waals surface area contributed by atoms with Crippen LogP contribution in [0.3, 0.4) is 0 Å². The number of allylic oxidation sites excluding steroid dienone is 1. The molecule has 2 aromatic rings. The molecule has 2 saturated heterocycles. The summed E-state index contributed by atoms with van der Waals surface area (Å²) in [5.41, 5.74) is 4.98. The summed E-state index contributed by atoms with van der Waals surface area (Å²) in [6.45, 7) is 2.72. The van der Waals surface area contributed by atoms with E-state index in [0.29, 0.717) is 17.7 Å². The fraction of sp³-hybridized carbons (Fsp3) is 0.469. The van der Waals surface area contributed by atoms with Crippen LogP contribution in [0.25, 0.3) is 0 Å². The maximum atomic E-state index is 13.5. The van der Waals surface area contributed by atoms with E-state index in [1.165, 1.54) is 22.6 Å². The number of halogens is 6. The van der Waals surface area contributed by atoms with Crippen molar-refractivity contribution in [3.05, 3.63) is 82.3 Å². The first-order valence-electron chi connectivity index (χ1n) is 14.6. The number of benzene rings is 2. The van der Waals surface area contributed by atoms with Gasteiger partial charge in [-0.2, -0.15) is 26.3 Å². The Kier molecular flexibility index (Phi) is 9.46. The number of anilines is 1. The van der Waals surface area contributed by atoms with E-state index in [2.05, 4.69) is 21.7 Å². The maximum Gasteiger partial charge on any atom is 0.416 e. The molecule has 12 heteroatoms. The summed E-state index contributed by atoms with van der Waals surface area (Å²) >= 11 is 0. The van der Waals surface area contributed by atoms with Gasteiger partial charge in [0.15, 0.2) is 0 Å². The third-order valence-electron chi connectivity index (χ3n) is 8.38. The predicted octanol–water partition coefficient (Wildman–Crippen LogP) is 5.90. The molecule has 3 aliphatic rings. The number of hydrogen-bond donors (Lipinski definition) is 2. The first kappa shape index (κ1) is 31.7. The minimum Gasteiger partial charge on any atom is -0.508 e. The van der Waals surface area contributed by atoms with Gasteiger partial charge in [-0.25, -0.2) is 0 Å². The second kappa shape index (κ2) is 13.1. The monoisotopic (exact) mass is 620 g/mol. The molecule has 2 heterocycles. The molecule has 1 atom stereocenters. The number of piperazine rings is 1. The quantitative estimate of drug-likeness (QED) is 0.298. The molecule has 1 amide bonds. The number of nitrogens with one attached hydrogen (secondary N) is 1. The number of carbonyl (C=O) groups excluding carboxylic acids is 1. The zero-order valence-corrected chi connectivity index (χ0v) is 24.0. The first-order chi connectivity index (χ1) is 20.9. The van der Waals surface area contributed by atoms with E-state index in [-0.39, 0.29) is 55.6 Å². The summed E-state index contributed by atoms with van der Waals surface area (Å²) in [6, 6.07) is 7.11. The van der Waals surface area contributed by atoms with Gasteiger partial charge in [0.05, 0.1) is 23.7 Å². The van der Waals surface area contributed by atoms with Gasteiger partial charge in [0.25, 0.3) is 0 Å². The average Bonchev–Trinajstić information content (AvgIpc) is 3.00. The molecule has 0 radical (unpaired) electrons. The number of piperidine rings is 1. The predicted molar refractivity (Wildman–Crippen MR) is 153 cm³/mol. The Labute approximate surface area is 251 Å². The number of likely N-dealkylation sites (tertiary alicyclic amines) is 1. The lowest BCUT2D eigenvalue weighted by molar-refractivity contribution is -0.143. The third-order valence-corrected chi connectivity index (χ3v) is 8.38. The second-order valence-electron chi connectivity index (χ2n) is 11.5. The standard InChI is InChI=1S/C32H34F6N4O2/c33-31(34,35)24-16-25(32(36,37)38)18-27(17-24)41-13-14-42(29(21-41)23-7-4-8-28(43)15-23)30(44)19-39-26-9-11-40(12-10-26)20-22-5-2-1-3-6-22/h1,4,7-8,15-18,26,29,39,43H,2,5,9-14,19-21H2. The molecule has 2 N–H and O–H groups in total. The number of carbonyl (C=O) groups is 1. The van der Waals surface area contributed by atoms with Crippen LogP contribution in [-0.2, 0) is 17.1 Å². The summed E-state index contributed by atoms with van der Waals surface area (Å²) < 4.78 is 81.2. The van der Waals surface area contributed by atoms with Gasteiger partial charge < -0.3 is 20.2 Å². The minimum absolute atomic E-state index is 0.0392. The van der Waals surface area contributed by atoms with Crippen molar-refractivity contribution in [3.8, 4) is 5.75 Å². The SMILES string of the molecule is O=C(CNC1CCN(CC2=C=C=CCC2)CC1)N1CCN(c2cc(C(F)(F)F)cc(C(F)(F)F)c2)CC1c1cccc(O)c1. The molecular formula is C32H34F6N4O2. The van der Waals surface area contributed by atoms with Gasteiger partial charge in [-0.15, -0.1) is 0 Å². The number of alkyl halides is 6. The Bertz CT molecular complexity index is 1420. The molecule has 5 rings (SSSR count). The number of aromatic hydroxyl groups is 1. The molecule has 2 aliphatic heterocycles. The van der Waals surface area contributed by atoms with E-state index in [1.54, 1.807) is 17.0 Å². The number of nitrogens with zero attached hydrogens (tertiary/aromatic N) is 3. The fourth-order valence-corrected chi connectivity index (χ4v) is 6.01. The highest BCUT2D eigenvalue weighted by atomic mass is 19.4. The molecular weight excluding hydrogens is 586 g/mol. The lowest BCUT2D eigenvalue weighted by atomic mass is 10.00.